The molecular weight excluding hydrogens is 326 g/mol. The molecule has 0 spiro atoms. The van der Waals surface area contributed by atoms with Crippen molar-refractivity contribution in [3.63, 3.8) is 0 Å². The van der Waals surface area contributed by atoms with E-state index in [4.69, 9.17) is 0 Å². The van der Waals surface area contributed by atoms with Crippen molar-refractivity contribution in [2.24, 2.45) is 0 Å². The number of pyridine rings is 1. The third kappa shape index (κ3) is 3.66. The normalized spacial score (nSPS) is 11.7. The topological polar surface area (TPSA) is 88.9 Å². The van der Waals surface area contributed by atoms with Crippen LogP contribution in [0.3, 0.4) is 0 Å². The maximum absolute atomic E-state index is 12.2. The Morgan fingerprint density at radius 1 is 1.29 bits per heavy atom. The van der Waals surface area contributed by atoms with E-state index in [1.807, 2.05) is 5.38 Å². The van der Waals surface area contributed by atoms with E-state index in [1.54, 1.807) is 60.7 Å². The average molecular weight is 341 g/mol. The number of nitrogens with zero attached hydrogens (tertiary/aromatic N) is 3. The van der Waals surface area contributed by atoms with E-state index >= 15 is 0 Å². The molecule has 0 saturated carbocycles. The number of rotatable bonds is 5. The highest BCUT2D eigenvalue weighted by molar-refractivity contribution is 7.12. The second kappa shape index (κ2) is 7.05. The van der Waals surface area contributed by atoms with Crippen molar-refractivity contribution < 1.29 is 9.59 Å². The first-order valence-electron chi connectivity index (χ1n) is 7.23. The van der Waals surface area contributed by atoms with Crippen molar-refractivity contribution >= 4 is 28.8 Å². The molecular formula is C16H15N5O2S. The molecule has 7 nitrogen and oxygen atoms in total. The number of nitrogens with one attached hydrogen (secondary N) is 2. The number of imidazole rings is 1. The Bertz CT molecular complexity index is 813. The Kier molecular flexibility index (Phi) is 4.66. The first-order chi connectivity index (χ1) is 11.6. The summed E-state index contributed by atoms with van der Waals surface area (Å²) in [6, 6.07) is 6.36. The number of hydrogen-bond acceptors (Lipinski definition) is 5. The fourth-order valence-corrected chi connectivity index (χ4v) is 2.63. The monoisotopic (exact) mass is 341 g/mol. The maximum atomic E-state index is 12.2. The van der Waals surface area contributed by atoms with Crippen LogP contribution in [0.15, 0.2) is 54.6 Å². The molecule has 3 aromatic heterocycles. The molecule has 122 valence electrons. The van der Waals surface area contributed by atoms with E-state index < -0.39 is 6.04 Å². The molecule has 2 N–H and O–H groups in total. The maximum Gasteiger partial charge on any atom is 0.261 e. The lowest BCUT2D eigenvalue weighted by Crippen LogP contribution is -2.41. The second-order valence-corrected chi connectivity index (χ2v) is 5.98. The molecule has 0 saturated heterocycles. The lowest BCUT2D eigenvalue weighted by molar-refractivity contribution is -0.117. The summed E-state index contributed by atoms with van der Waals surface area (Å²) in [7, 11) is 0. The van der Waals surface area contributed by atoms with Crippen LogP contribution in [0.5, 0.6) is 0 Å². The number of thiophene rings is 1. The highest BCUT2D eigenvalue weighted by atomic mass is 32.1. The van der Waals surface area contributed by atoms with Crippen LogP contribution in [0.2, 0.25) is 0 Å². The predicted molar refractivity (Wildman–Crippen MR) is 91.2 cm³/mol. The largest absolute Gasteiger partial charge is 0.340 e. The van der Waals surface area contributed by atoms with Crippen LogP contribution in [0.4, 0.5) is 5.69 Å². The third-order valence-corrected chi connectivity index (χ3v) is 4.14. The molecule has 0 fully saturated rings. The summed E-state index contributed by atoms with van der Waals surface area (Å²) < 4.78 is 1.76. The van der Waals surface area contributed by atoms with Gasteiger partial charge < -0.3 is 10.6 Å². The lowest BCUT2D eigenvalue weighted by atomic mass is 10.3. The van der Waals surface area contributed by atoms with Gasteiger partial charge >= 0.3 is 0 Å². The molecule has 24 heavy (non-hydrogen) atoms. The fraction of sp³-hybridized carbons (Fsp3) is 0.125. The summed E-state index contributed by atoms with van der Waals surface area (Å²) in [4.78, 5) is 32.9. The standard InChI is InChI=1S/C16H15N5O2S/c1-11(19-16(23)13-3-2-8-24-13)15(22)20-12-4-5-14(18-9-12)21-7-6-17-10-21/h2-11H,1H3,(H,19,23)(H,20,22)/t11-/m1/s1. The van der Waals surface area contributed by atoms with Crippen LogP contribution in [-0.2, 0) is 4.79 Å². The summed E-state index contributed by atoms with van der Waals surface area (Å²) in [5.74, 6) is 0.128. The molecule has 2 amide bonds. The molecule has 3 rings (SSSR count). The zero-order valence-corrected chi connectivity index (χ0v) is 13.7. The van der Waals surface area contributed by atoms with Gasteiger partial charge in [0.05, 0.1) is 16.8 Å². The van der Waals surface area contributed by atoms with Crippen LogP contribution >= 0.6 is 11.3 Å². The Morgan fingerprint density at radius 2 is 2.17 bits per heavy atom. The molecule has 0 aromatic carbocycles. The SMILES string of the molecule is C[C@@H](NC(=O)c1cccs1)C(=O)Nc1ccc(-n2ccnc2)nc1. The molecule has 0 aliphatic heterocycles. The van der Waals surface area contributed by atoms with Crippen LogP contribution < -0.4 is 10.6 Å². The molecule has 0 unspecified atom stereocenters. The van der Waals surface area contributed by atoms with E-state index in [-0.39, 0.29) is 11.8 Å². The van der Waals surface area contributed by atoms with Crippen LogP contribution in [0.25, 0.3) is 5.82 Å². The quantitative estimate of drug-likeness (QED) is 0.744. The third-order valence-electron chi connectivity index (χ3n) is 3.27. The first kappa shape index (κ1) is 15.9. The Hall–Kier alpha value is -3.00. The van der Waals surface area contributed by atoms with E-state index in [9.17, 15) is 9.59 Å². The molecule has 0 bridgehead atoms. The summed E-state index contributed by atoms with van der Waals surface area (Å²) in [6.45, 7) is 1.63. The van der Waals surface area contributed by atoms with E-state index in [0.717, 1.165) is 0 Å². The highest BCUT2D eigenvalue weighted by Gasteiger charge is 2.17. The van der Waals surface area contributed by atoms with Gasteiger partial charge in [-0.05, 0) is 30.5 Å². The van der Waals surface area contributed by atoms with Crippen molar-refractivity contribution in [2.75, 3.05) is 5.32 Å². The van der Waals surface area contributed by atoms with Crippen molar-refractivity contribution in [3.8, 4) is 5.82 Å². The zero-order valence-electron chi connectivity index (χ0n) is 12.8. The van der Waals surface area contributed by atoms with Crippen molar-refractivity contribution in [1.29, 1.82) is 0 Å². The average Bonchev–Trinajstić information content (AvgIpc) is 3.29. The van der Waals surface area contributed by atoms with E-state index in [2.05, 4.69) is 20.6 Å². The number of aromatic nitrogens is 3. The van der Waals surface area contributed by atoms with Crippen LogP contribution in [-0.4, -0.2) is 32.4 Å². The van der Waals surface area contributed by atoms with E-state index in [1.165, 1.54) is 11.3 Å². The predicted octanol–water partition coefficient (Wildman–Crippen LogP) is 2.09. The summed E-state index contributed by atoms with van der Waals surface area (Å²) in [5.41, 5.74) is 0.557. The van der Waals surface area contributed by atoms with Gasteiger partial charge in [-0.1, -0.05) is 6.07 Å². The minimum atomic E-state index is -0.659. The number of amides is 2. The van der Waals surface area contributed by atoms with Gasteiger partial charge in [0.15, 0.2) is 0 Å². The minimum absolute atomic E-state index is 0.263. The molecule has 1 atom stereocenters. The van der Waals surface area contributed by atoms with E-state index in [0.29, 0.717) is 16.4 Å². The fourth-order valence-electron chi connectivity index (χ4n) is 2.00. The zero-order chi connectivity index (χ0) is 16.9. The van der Waals surface area contributed by atoms with Gasteiger partial charge in [-0.25, -0.2) is 9.97 Å². The molecule has 3 aromatic rings. The Labute approximate surface area is 142 Å². The van der Waals surface area contributed by atoms with Gasteiger partial charge in [0.2, 0.25) is 5.91 Å². The molecule has 0 radical (unpaired) electrons. The highest BCUT2D eigenvalue weighted by Crippen LogP contribution is 2.11. The van der Waals surface area contributed by atoms with Gasteiger partial charge in [0.1, 0.15) is 18.2 Å². The van der Waals surface area contributed by atoms with Crippen LogP contribution in [0.1, 0.15) is 16.6 Å². The minimum Gasteiger partial charge on any atom is -0.340 e. The number of carbonyl (C=O) groups is 2. The van der Waals surface area contributed by atoms with Gasteiger partial charge in [-0.15, -0.1) is 11.3 Å². The van der Waals surface area contributed by atoms with Gasteiger partial charge in [0.25, 0.3) is 5.91 Å². The number of anilines is 1. The van der Waals surface area contributed by atoms with Crippen LogP contribution in [0, 0.1) is 0 Å². The van der Waals surface area contributed by atoms with Crippen molar-refractivity contribution in [3.05, 3.63) is 59.4 Å². The first-order valence-corrected chi connectivity index (χ1v) is 8.11. The molecule has 0 aliphatic rings. The molecule has 3 heterocycles. The molecule has 0 aliphatic carbocycles. The van der Waals surface area contributed by atoms with Gasteiger partial charge in [-0.2, -0.15) is 0 Å². The smallest absolute Gasteiger partial charge is 0.261 e. The number of carbonyl (C=O) groups excluding carboxylic acids is 2. The lowest BCUT2D eigenvalue weighted by Gasteiger charge is -2.13. The van der Waals surface area contributed by atoms with Crippen molar-refractivity contribution in [1.82, 2.24) is 19.9 Å². The second-order valence-electron chi connectivity index (χ2n) is 5.04. The molecule has 8 heteroatoms. The van der Waals surface area contributed by atoms with Crippen molar-refractivity contribution in [2.45, 2.75) is 13.0 Å². The van der Waals surface area contributed by atoms with Gasteiger partial charge in [-0.3, -0.25) is 14.2 Å². The Morgan fingerprint density at radius 3 is 2.79 bits per heavy atom. The summed E-state index contributed by atoms with van der Waals surface area (Å²) in [5, 5.41) is 7.20. The summed E-state index contributed by atoms with van der Waals surface area (Å²) in [6.07, 6.45) is 6.64. The summed E-state index contributed by atoms with van der Waals surface area (Å²) >= 11 is 1.33. The number of hydrogen-bond donors (Lipinski definition) is 2. The Balaban J connectivity index is 1.59. The van der Waals surface area contributed by atoms with Gasteiger partial charge in [0, 0.05) is 12.4 Å².